The van der Waals surface area contributed by atoms with E-state index in [9.17, 15) is 0 Å². The van der Waals surface area contributed by atoms with Gasteiger partial charge in [0.2, 0.25) is 0 Å². The molecule has 0 amide bonds. The molecule has 1 unspecified atom stereocenters. The zero-order valence-corrected chi connectivity index (χ0v) is 15.9. The van der Waals surface area contributed by atoms with E-state index >= 15 is 0 Å². The van der Waals surface area contributed by atoms with Gasteiger partial charge in [-0.05, 0) is 28.8 Å². The highest BCUT2D eigenvalue weighted by atomic mass is 16.5. The van der Waals surface area contributed by atoms with Gasteiger partial charge in [-0.3, -0.25) is 0 Å². The van der Waals surface area contributed by atoms with E-state index in [1.165, 1.54) is 5.56 Å². The van der Waals surface area contributed by atoms with Crippen molar-refractivity contribution in [1.29, 1.82) is 0 Å². The molecule has 1 aliphatic heterocycles. The summed E-state index contributed by atoms with van der Waals surface area (Å²) in [5.74, 6) is 1.66. The Hall–Kier alpha value is -2.82. The molecule has 0 spiro atoms. The van der Waals surface area contributed by atoms with Crippen LogP contribution in [-0.4, -0.2) is 19.6 Å². The van der Waals surface area contributed by atoms with Crippen LogP contribution in [0.2, 0.25) is 0 Å². The topological polar surface area (TPSA) is 42.5 Å². The van der Waals surface area contributed by atoms with Crippen LogP contribution in [0.15, 0.2) is 78.9 Å². The summed E-state index contributed by atoms with van der Waals surface area (Å²) in [5.41, 5.74) is 3.48. The number of hydrogen-bond donors (Lipinski definition) is 2. The van der Waals surface area contributed by atoms with Crippen molar-refractivity contribution >= 4 is 0 Å². The average molecular weight is 374 g/mol. The van der Waals surface area contributed by atoms with E-state index < -0.39 is 0 Å². The Labute approximate surface area is 166 Å². The van der Waals surface area contributed by atoms with Crippen LogP contribution in [0.5, 0.6) is 11.5 Å². The summed E-state index contributed by atoms with van der Waals surface area (Å²) in [5, 5.41) is 7.01. The zero-order valence-electron chi connectivity index (χ0n) is 15.9. The highest BCUT2D eigenvalue weighted by Gasteiger charge is 2.16. The molecule has 0 radical (unpaired) electrons. The summed E-state index contributed by atoms with van der Waals surface area (Å²) in [6.45, 7) is 3.94. The lowest BCUT2D eigenvalue weighted by molar-refractivity contribution is 0.288. The maximum Gasteiger partial charge on any atom is 0.123 e. The van der Waals surface area contributed by atoms with Crippen LogP contribution >= 0.6 is 0 Å². The second-order valence-corrected chi connectivity index (χ2v) is 7.00. The molecule has 1 fully saturated rings. The van der Waals surface area contributed by atoms with E-state index in [4.69, 9.17) is 9.47 Å². The van der Waals surface area contributed by atoms with Gasteiger partial charge in [-0.25, -0.2) is 0 Å². The summed E-state index contributed by atoms with van der Waals surface area (Å²) in [7, 11) is 0. The first kappa shape index (κ1) is 18.5. The number of hydrogen-bond acceptors (Lipinski definition) is 4. The second-order valence-electron chi connectivity index (χ2n) is 7.00. The van der Waals surface area contributed by atoms with Crippen LogP contribution < -0.4 is 20.1 Å². The quantitative estimate of drug-likeness (QED) is 0.654. The van der Waals surface area contributed by atoms with Crippen LogP contribution in [0.4, 0.5) is 0 Å². The van der Waals surface area contributed by atoms with E-state index in [-0.39, 0.29) is 6.04 Å². The molecule has 0 bridgehead atoms. The molecule has 0 aliphatic carbocycles. The fourth-order valence-corrected chi connectivity index (χ4v) is 3.33. The maximum absolute atomic E-state index is 6.09. The smallest absolute Gasteiger partial charge is 0.123 e. The van der Waals surface area contributed by atoms with Crippen LogP contribution in [0.3, 0.4) is 0 Å². The van der Waals surface area contributed by atoms with Crippen molar-refractivity contribution in [3.8, 4) is 11.5 Å². The lowest BCUT2D eigenvalue weighted by Gasteiger charge is -2.25. The molecule has 4 heteroatoms. The van der Waals surface area contributed by atoms with Crippen molar-refractivity contribution in [2.24, 2.45) is 0 Å². The van der Waals surface area contributed by atoms with Gasteiger partial charge in [-0.2, -0.15) is 0 Å². The van der Waals surface area contributed by atoms with Gasteiger partial charge < -0.3 is 20.1 Å². The fourth-order valence-electron chi connectivity index (χ4n) is 3.33. The Balaban J connectivity index is 1.51. The molecule has 4 nitrogen and oxygen atoms in total. The van der Waals surface area contributed by atoms with Crippen molar-refractivity contribution in [3.63, 3.8) is 0 Å². The third-order valence-corrected chi connectivity index (χ3v) is 4.84. The largest absolute Gasteiger partial charge is 0.489 e. The Kier molecular flexibility index (Phi) is 6.22. The van der Waals surface area contributed by atoms with Crippen LogP contribution in [0, 0.1) is 0 Å². The number of rotatable bonds is 7. The van der Waals surface area contributed by atoms with Gasteiger partial charge in [0.1, 0.15) is 24.7 Å². The van der Waals surface area contributed by atoms with E-state index in [0.717, 1.165) is 42.3 Å². The van der Waals surface area contributed by atoms with E-state index in [1.807, 2.05) is 42.5 Å². The Morgan fingerprint density at radius 1 is 0.714 bits per heavy atom. The first-order valence-corrected chi connectivity index (χ1v) is 9.79. The summed E-state index contributed by atoms with van der Waals surface area (Å²) < 4.78 is 12.2. The van der Waals surface area contributed by atoms with Crippen molar-refractivity contribution in [1.82, 2.24) is 10.6 Å². The molecule has 2 N–H and O–H groups in total. The molecule has 28 heavy (non-hydrogen) atoms. The molecule has 144 valence electrons. The summed E-state index contributed by atoms with van der Waals surface area (Å²) in [6.07, 6.45) is 0. The van der Waals surface area contributed by atoms with Gasteiger partial charge in [0, 0.05) is 31.7 Å². The molecular formula is C24H26N2O2. The molecule has 0 saturated carbocycles. The van der Waals surface area contributed by atoms with Crippen molar-refractivity contribution < 1.29 is 9.47 Å². The zero-order chi connectivity index (χ0) is 19.0. The van der Waals surface area contributed by atoms with Gasteiger partial charge >= 0.3 is 0 Å². The van der Waals surface area contributed by atoms with Gasteiger partial charge in [-0.15, -0.1) is 0 Å². The van der Waals surface area contributed by atoms with E-state index in [2.05, 4.69) is 47.0 Å². The molecule has 1 saturated heterocycles. The standard InChI is InChI=1S/C24H26N2O2/c1-3-7-19(8-4-1)17-27-22-13-21(24-16-25-11-12-26-24)14-23(15-22)28-18-20-9-5-2-6-10-20/h1-10,13-15,24-26H,11-12,16-18H2. The summed E-state index contributed by atoms with van der Waals surface area (Å²) in [4.78, 5) is 0. The highest BCUT2D eigenvalue weighted by molar-refractivity contribution is 5.40. The molecular weight excluding hydrogens is 348 g/mol. The Morgan fingerprint density at radius 2 is 1.29 bits per heavy atom. The Morgan fingerprint density at radius 3 is 1.79 bits per heavy atom. The van der Waals surface area contributed by atoms with Crippen molar-refractivity contribution in [2.75, 3.05) is 19.6 Å². The highest BCUT2D eigenvalue weighted by Crippen LogP contribution is 2.28. The molecule has 3 aromatic rings. The predicted molar refractivity (Wildman–Crippen MR) is 112 cm³/mol. The first-order chi connectivity index (χ1) is 13.9. The van der Waals surface area contributed by atoms with Gasteiger partial charge in [0.05, 0.1) is 0 Å². The number of benzene rings is 3. The first-order valence-electron chi connectivity index (χ1n) is 9.79. The number of ether oxygens (including phenoxy) is 2. The van der Waals surface area contributed by atoms with Crippen molar-refractivity contribution in [3.05, 3.63) is 95.6 Å². The SMILES string of the molecule is c1ccc(COc2cc(OCc3ccccc3)cc(C3CNCCN3)c2)cc1. The average Bonchev–Trinajstić information content (AvgIpc) is 2.78. The normalized spacial score (nSPS) is 16.5. The van der Waals surface area contributed by atoms with Crippen LogP contribution in [-0.2, 0) is 13.2 Å². The fraction of sp³-hybridized carbons (Fsp3) is 0.250. The number of piperazine rings is 1. The third kappa shape index (κ3) is 5.12. The van der Waals surface area contributed by atoms with E-state index in [1.54, 1.807) is 0 Å². The molecule has 4 rings (SSSR count). The summed E-state index contributed by atoms with van der Waals surface area (Å²) in [6, 6.07) is 26.9. The van der Waals surface area contributed by atoms with Crippen molar-refractivity contribution in [2.45, 2.75) is 19.3 Å². The molecule has 1 aliphatic rings. The van der Waals surface area contributed by atoms with Gasteiger partial charge in [0.15, 0.2) is 0 Å². The van der Waals surface area contributed by atoms with Crippen LogP contribution in [0.25, 0.3) is 0 Å². The second kappa shape index (κ2) is 9.40. The predicted octanol–water partition coefficient (Wildman–Crippen LogP) is 4.08. The molecule has 0 aromatic heterocycles. The van der Waals surface area contributed by atoms with Gasteiger partial charge in [-0.1, -0.05) is 60.7 Å². The van der Waals surface area contributed by atoms with Gasteiger partial charge in [0.25, 0.3) is 0 Å². The van der Waals surface area contributed by atoms with Crippen LogP contribution in [0.1, 0.15) is 22.7 Å². The Bertz CT molecular complexity index is 801. The maximum atomic E-state index is 6.09. The lowest BCUT2D eigenvalue weighted by atomic mass is 10.0. The minimum absolute atomic E-state index is 0.258. The minimum atomic E-state index is 0.258. The monoisotopic (exact) mass is 374 g/mol. The molecule has 3 aromatic carbocycles. The molecule has 1 atom stereocenters. The summed E-state index contributed by atoms with van der Waals surface area (Å²) >= 11 is 0. The minimum Gasteiger partial charge on any atom is -0.489 e. The lowest BCUT2D eigenvalue weighted by Crippen LogP contribution is -2.42. The molecule has 1 heterocycles. The third-order valence-electron chi connectivity index (χ3n) is 4.84. The van der Waals surface area contributed by atoms with E-state index in [0.29, 0.717) is 13.2 Å². The number of nitrogens with one attached hydrogen (secondary N) is 2.